The van der Waals surface area contributed by atoms with Gasteiger partial charge in [0.2, 0.25) is 0 Å². The molecule has 94 valence electrons. The van der Waals surface area contributed by atoms with E-state index in [0.29, 0.717) is 6.04 Å². The first-order chi connectivity index (χ1) is 8.17. The van der Waals surface area contributed by atoms with E-state index in [2.05, 4.69) is 43.1 Å². The van der Waals surface area contributed by atoms with Gasteiger partial charge in [-0.3, -0.25) is 0 Å². The molecule has 3 heteroatoms. The van der Waals surface area contributed by atoms with Crippen molar-refractivity contribution in [2.45, 2.75) is 37.5 Å². The van der Waals surface area contributed by atoms with Gasteiger partial charge in [-0.25, -0.2) is 0 Å². The monoisotopic (exact) mass is 269 g/mol. The third-order valence-electron chi connectivity index (χ3n) is 3.48. The van der Waals surface area contributed by atoms with Crippen molar-refractivity contribution in [3.63, 3.8) is 0 Å². The molecular weight excluding hydrogens is 250 g/mol. The van der Waals surface area contributed by atoms with Crippen LogP contribution in [0.2, 0.25) is 5.02 Å². The minimum atomic E-state index is 0.279. The van der Waals surface area contributed by atoms with Crippen LogP contribution in [0.4, 0.5) is 0 Å². The minimum Gasteiger partial charge on any atom is -0.309 e. The summed E-state index contributed by atoms with van der Waals surface area (Å²) in [7, 11) is 0. The van der Waals surface area contributed by atoms with E-state index in [9.17, 15) is 0 Å². The van der Waals surface area contributed by atoms with E-state index in [1.54, 1.807) is 0 Å². The molecule has 0 bridgehead atoms. The Balaban J connectivity index is 2.32. The Bertz CT molecular complexity index is 374. The highest BCUT2D eigenvalue weighted by Gasteiger charge is 2.38. The van der Waals surface area contributed by atoms with Gasteiger partial charge in [0.05, 0.1) is 0 Å². The van der Waals surface area contributed by atoms with Gasteiger partial charge in [0, 0.05) is 15.8 Å². The predicted octanol–water partition coefficient (Wildman–Crippen LogP) is 4.28. The summed E-state index contributed by atoms with van der Waals surface area (Å²) in [6.07, 6.45) is 2.58. The number of hydrogen-bond donors (Lipinski definition) is 1. The van der Waals surface area contributed by atoms with E-state index in [1.165, 1.54) is 24.2 Å². The molecule has 17 heavy (non-hydrogen) atoms. The molecule has 2 rings (SSSR count). The molecule has 1 aromatic carbocycles. The highest BCUT2D eigenvalue weighted by atomic mass is 35.5. The summed E-state index contributed by atoms with van der Waals surface area (Å²) in [6.45, 7) is 5.50. The Labute approximate surface area is 113 Å². The van der Waals surface area contributed by atoms with Gasteiger partial charge in [0.15, 0.2) is 0 Å². The first-order valence-electron chi connectivity index (χ1n) is 6.29. The van der Waals surface area contributed by atoms with Gasteiger partial charge in [-0.15, -0.1) is 0 Å². The van der Waals surface area contributed by atoms with Gasteiger partial charge in [-0.2, -0.15) is 11.8 Å². The van der Waals surface area contributed by atoms with Crippen LogP contribution < -0.4 is 5.32 Å². The molecule has 1 fully saturated rings. The second-order valence-corrected chi connectivity index (χ2v) is 6.81. The summed E-state index contributed by atoms with van der Waals surface area (Å²) < 4.78 is 0.279. The molecule has 1 aliphatic rings. The van der Waals surface area contributed by atoms with Crippen LogP contribution in [0.1, 0.15) is 38.3 Å². The Morgan fingerprint density at radius 3 is 2.82 bits per heavy atom. The Kier molecular flexibility index (Phi) is 4.40. The van der Waals surface area contributed by atoms with Crippen molar-refractivity contribution in [2.75, 3.05) is 12.3 Å². The summed E-state index contributed by atoms with van der Waals surface area (Å²) in [5, 5.41) is 4.50. The van der Waals surface area contributed by atoms with Crippen LogP contribution >= 0.6 is 23.4 Å². The molecule has 1 aliphatic heterocycles. The molecule has 1 aromatic rings. The van der Waals surface area contributed by atoms with Gasteiger partial charge in [-0.1, -0.05) is 36.7 Å². The van der Waals surface area contributed by atoms with E-state index in [1.807, 2.05) is 12.1 Å². The Morgan fingerprint density at radius 1 is 1.47 bits per heavy atom. The lowest BCUT2D eigenvalue weighted by Gasteiger charge is -2.34. The zero-order chi connectivity index (χ0) is 12.3. The Morgan fingerprint density at radius 2 is 2.24 bits per heavy atom. The first kappa shape index (κ1) is 13.3. The molecule has 0 aliphatic carbocycles. The van der Waals surface area contributed by atoms with Crippen LogP contribution in [0.25, 0.3) is 0 Å². The molecule has 1 N–H and O–H groups in total. The molecule has 2 atom stereocenters. The number of benzene rings is 1. The molecule has 0 aromatic heterocycles. The van der Waals surface area contributed by atoms with Gasteiger partial charge in [-0.05, 0) is 43.7 Å². The summed E-state index contributed by atoms with van der Waals surface area (Å²) >= 11 is 8.42. The average Bonchev–Trinajstić information content (AvgIpc) is 2.75. The lowest BCUT2D eigenvalue weighted by Crippen LogP contribution is -2.37. The van der Waals surface area contributed by atoms with Crippen LogP contribution in [-0.4, -0.2) is 17.0 Å². The van der Waals surface area contributed by atoms with Crippen LogP contribution in [0.15, 0.2) is 24.3 Å². The maximum Gasteiger partial charge on any atom is 0.0481 e. The zero-order valence-electron chi connectivity index (χ0n) is 10.5. The predicted molar refractivity (Wildman–Crippen MR) is 78.0 cm³/mol. The van der Waals surface area contributed by atoms with Crippen molar-refractivity contribution < 1.29 is 0 Å². The number of hydrogen-bond acceptors (Lipinski definition) is 2. The van der Waals surface area contributed by atoms with Gasteiger partial charge < -0.3 is 5.32 Å². The van der Waals surface area contributed by atoms with Crippen molar-refractivity contribution >= 4 is 23.4 Å². The van der Waals surface area contributed by atoms with Crippen LogP contribution in [0.5, 0.6) is 0 Å². The van der Waals surface area contributed by atoms with Crippen LogP contribution in [-0.2, 0) is 0 Å². The van der Waals surface area contributed by atoms with E-state index in [0.717, 1.165) is 11.6 Å². The molecule has 2 unspecified atom stereocenters. The molecule has 0 saturated carbocycles. The fraction of sp³-hybridized carbons (Fsp3) is 0.571. The average molecular weight is 270 g/mol. The normalized spacial score (nSPS) is 26.1. The number of halogens is 1. The SMILES string of the molecule is CCNC(c1ccccc1Cl)C1(C)CCCS1. The summed E-state index contributed by atoms with van der Waals surface area (Å²) in [4.78, 5) is 0. The minimum absolute atomic E-state index is 0.279. The maximum atomic E-state index is 6.35. The van der Waals surface area contributed by atoms with Crippen molar-refractivity contribution in [3.8, 4) is 0 Å². The van der Waals surface area contributed by atoms with Crippen molar-refractivity contribution in [3.05, 3.63) is 34.9 Å². The zero-order valence-corrected chi connectivity index (χ0v) is 12.1. The molecule has 0 amide bonds. The number of rotatable bonds is 4. The fourth-order valence-corrected chi connectivity index (χ4v) is 4.26. The topological polar surface area (TPSA) is 12.0 Å². The molecular formula is C14H20ClNS. The third-order valence-corrected chi connectivity index (χ3v) is 5.42. The van der Waals surface area contributed by atoms with E-state index in [-0.39, 0.29) is 4.75 Å². The summed E-state index contributed by atoms with van der Waals surface area (Å²) in [5.74, 6) is 1.27. The van der Waals surface area contributed by atoms with Crippen LogP contribution in [0.3, 0.4) is 0 Å². The van der Waals surface area contributed by atoms with Gasteiger partial charge >= 0.3 is 0 Å². The van der Waals surface area contributed by atoms with Crippen LogP contribution in [0, 0.1) is 0 Å². The van der Waals surface area contributed by atoms with E-state index in [4.69, 9.17) is 11.6 Å². The lowest BCUT2D eigenvalue weighted by atomic mass is 9.90. The number of nitrogens with one attached hydrogen (secondary N) is 1. The Hall–Kier alpha value is -0.180. The third kappa shape index (κ3) is 2.81. The molecule has 0 spiro atoms. The van der Waals surface area contributed by atoms with E-state index >= 15 is 0 Å². The number of thioether (sulfide) groups is 1. The fourth-order valence-electron chi connectivity index (χ4n) is 2.60. The molecule has 1 nitrogen and oxygen atoms in total. The van der Waals surface area contributed by atoms with Gasteiger partial charge in [0.25, 0.3) is 0 Å². The second kappa shape index (κ2) is 5.64. The maximum absolute atomic E-state index is 6.35. The molecule has 0 radical (unpaired) electrons. The van der Waals surface area contributed by atoms with Gasteiger partial charge in [0.1, 0.15) is 0 Å². The van der Waals surface area contributed by atoms with E-state index < -0.39 is 0 Å². The highest BCUT2D eigenvalue weighted by molar-refractivity contribution is 8.00. The van der Waals surface area contributed by atoms with Crippen molar-refractivity contribution in [1.82, 2.24) is 5.32 Å². The van der Waals surface area contributed by atoms with Crippen molar-refractivity contribution in [2.24, 2.45) is 0 Å². The summed E-state index contributed by atoms with van der Waals surface area (Å²) in [6, 6.07) is 8.58. The first-order valence-corrected chi connectivity index (χ1v) is 7.65. The lowest BCUT2D eigenvalue weighted by molar-refractivity contribution is 0.421. The molecule has 1 saturated heterocycles. The quantitative estimate of drug-likeness (QED) is 0.876. The second-order valence-electron chi connectivity index (χ2n) is 4.78. The summed E-state index contributed by atoms with van der Waals surface area (Å²) in [5.41, 5.74) is 1.24. The highest BCUT2D eigenvalue weighted by Crippen LogP contribution is 2.47. The standard InChI is InChI=1S/C14H20ClNS/c1-3-16-13(14(2)9-6-10-17-14)11-7-4-5-8-12(11)15/h4-5,7-8,13,16H,3,6,9-10H2,1-2H3. The molecule has 1 heterocycles. The smallest absolute Gasteiger partial charge is 0.0481 e. The largest absolute Gasteiger partial charge is 0.309 e. The van der Waals surface area contributed by atoms with Crippen molar-refractivity contribution in [1.29, 1.82) is 0 Å².